The van der Waals surface area contributed by atoms with Crippen molar-refractivity contribution in [3.63, 3.8) is 0 Å². The monoisotopic (exact) mass is 325 g/mol. The first-order valence-electron chi connectivity index (χ1n) is 7.51. The molecule has 1 amide bonds. The molecule has 0 bridgehead atoms. The van der Waals surface area contributed by atoms with Crippen LogP contribution in [0.2, 0.25) is 0 Å². The van der Waals surface area contributed by atoms with E-state index >= 15 is 0 Å². The molecule has 0 radical (unpaired) electrons. The zero-order valence-corrected chi connectivity index (χ0v) is 13.1. The molecule has 0 fully saturated rings. The van der Waals surface area contributed by atoms with Gasteiger partial charge in [0.25, 0.3) is 5.91 Å². The molecule has 1 aliphatic rings. The summed E-state index contributed by atoms with van der Waals surface area (Å²) < 4.78 is 13.0. The third kappa shape index (κ3) is 3.06. The molecule has 4 nitrogen and oxygen atoms in total. The van der Waals surface area contributed by atoms with E-state index in [0.29, 0.717) is 12.0 Å². The highest BCUT2D eigenvalue weighted by Gasteiger charge is 2.31. The first-order chi connectivity index (χ1) is 11.5. The molecular formula is C19H16FNO3. The Morgan fingerprint density at radius 2 is 1.88 bits per heavy atom. The molecule has 3 rings (SSSR count). The maximum atomic E-state index is 13.0. The van der Waals surface area contributed by atoms with E-state index in [9.17, 15) is 19.1 Å². The van der Waals surface area contributed by atoms with Crippen molar-refractivity contribution in [1.29, 1.82) is 0 Å². The summed E-state index contributed by atoms with van der Waals surface area (Å²) in [6.45, 7) is 0.103. The van der Waals surface area contributed by atoms with Gasteiger partial charge in [0, 0.05) is 12.6 Å². The van der Waals surface area contributed by atoms with Gasteiger partial charge in [-0.3, -0.25) is 9.59 Å². The number of rotatable bonds is 4. The van der Waals surface area contributed by atoms with Crippen LogP contribution in [0, 0.1) is 5.82 Å². The Morgan fingerprint density at radius 3 is 2.50 bits per heavy atom. The highest BCUT2D eigenvalue weighted by Crippen LogP contribution is 2.21. The SMILES string of the molecule is CN1CC(C(=O)c2cccc(Cc3ccc(F)cc3)c2)=C(O)C1=O. The number of aliphatic hydroxyl groups excluding tert-OH is 1. The van der Waals surface area contributed by atoms with E-state index in [2.05, 4.69) is 0 Å². The number of ketones is 1. The van der Waals surface area contributed by atoms with Crippen LogP contribution in [0.5, 0.6) is 0 Å². The fourth-order valence-corrected chi connectivity index (χ4v) is 2.71. The van der Waals surface area contributed by atoms with Gasteiger partial charge in [-0.2, -0.15) is 0 Å². The number of amides is 1. The predicted octanol–water partition coefficient (Wildman–Crippen LogP) is 2.88. The van der Waals surface area contributed by atoms with Crippen LogP contribution >= 0.6 is 0 Å². The van der Waals surface area contributed by atoms with E-state index in [0.717, 1.165) is 11.1 Å². The smallest absolute Gasteiger partial charge is 0.289 e. The fourth-order valence-electron chi connectivity index (χ4n) is 2.71. The summed E-state index contributed by atoms with van der Waals surface area (Å²) in [5.74, 6) is -1.67. The molecule has 0 saturated heterocycles. The summed E-state index contributed by atoms with van der Waals surface area (Å²) in [5, 5.41) is 9.82. The molecule has 24 heavy (non-hydrogen) atoms. The second kappa shape index (κ2) is 6.28. The molecule has 2 aromatic carbocycles. The number of benzene rings is 2. The molecule has 0 aromatic heterocycles. The van der Waals surface area contributed by atoms with E-state index in [1.807, 2.05) is 6.07 Å². The number of carbonyl (C=O) groups excluding carboxylic acids is 2. The van der Waals surface area contributed by atoms with Crippen molar-refractivity contribution in [2.75, 3.05) is 13.6 Å². The molecule has 1 aliphatic heterocycles. The van der Waals surface area contributed by atoms with Crippen molar-refractivity contribution in [1.82, 2.24) is 4.90 Å². The van der Waals surface area contributed by atoms with Crippen LogP contribution in [0.4, 0.5) is 4.39 Å². The maximum absolute atomic E-state index is 13.0. The highest BCUT2D eigenvalue weighted by molar-refractivity contribution is 6.15. The van der Waals surface area contributed by atoms with E-state index in [-0.39, 0.29) is 23.7 Å². The summed E-state index contributed by atoms with van der Waals surface area (Å²) in [5.41, 5.74) is 2.35. The van der Waals surface area contributed by atoms with E-state index in [1.54, 1.807) is 30.3 Å². The number of carbonyl (C=O) groups is 2. The average Bonchev–Trinajstić information content (AvgIpc) is 2.84. The minimum absolute atomic E-state index is 0.103. The Morgan fingerprint density at radius 1 is 1.17 bits per heavy atom. The Hall–Kier alpha value is -2.95. The van der Waals surface area contributed by atoms with Crippen molar-refractivity contribution < 1.29 is 19.1 Å². The second-order valence-corrected chi connectivity index (χ2v) is 5.82. The number of halogens is 1. The van der Waals surface area contributed by atoms with Crippen molar-refractivity contribution in [3.05, 3.63) is 82.4 Å². The van der Waals surface area contributed by atoms with Crippen molar-refractivity contribution >= 4 is 11.7 Å². The lowest BCUT2D eigenvalue weighted by Gasteiger charge is -2.08. The Balaban J connectivity index is 1.84. The Bertz CT molecular complexity index is 840. The molecule has 2 aromatic rings. The molecular weight excluding hydrogens is 309 g/mol. The summed E-state index contributed by atoms with van der Waals surface area (Å²) >= 11 is 0. The molecule has 5 heteroatoms. The number of hydrogen-bond acceptors (Lipinski definition) is 3. The highest BCUT2D eigenvalue weighted by atomic mass is 19.1. The van der Waals surface area contributed by atoms with Gasteiger partial charge < -0.3 is 10.0 Å². The van der Waals surface area contributed by atoms with Crippen molar-refractivity contribution in [2.24, 2.45) is 0 Å². The van der Waals surface area contributed by atoms with Crippen LogP contribution in [-0.2, 0) is 11.2 Å². The van der Waals surface area contributed by atoms with Gasteiger partial charge in [0.2, 0.25) is 0 Å². The zero-order valence-electron chi connectivity index (χ0n) is 13.1. The van der Waals surface area contributed by atoms with Crippen LogP contribution in [-0.4, -0.2) is 35.3 Å². The molecule has 0 spiro atoms. The van der Waals surface area contributed by atoms with Crippen LogP contribution in [0.3, 0.4) is 0 Å². The minimum Gasteiger partial charge on any atom is -0.503 e. The predicted molar refractivity (Wildman–Crippen MR) is 87.3 cm³/mol. The van der Waals surface area contributed by atoms with Crippen molar-refractivity contribution in [3.8, 4) is 0 Å². The van der Waals surface area contributed by atoms with Gasteiger partial charge in [-0.05, 0) is 35.7 Å². The molecule has 1 heterocycles. The maximum Gasteiger partial charge on any atom is 0.289 e. The fraction of sp³-hybridized carbons (Fsp3) is 0.158. The van der Waals surface area contributed by atoms with Crippen LogP contribution in [0.25, 0.3) is 0 Å². The molecule has 0 atom stereocenters. The van der Waals surface area contributed by atoms with Gasteiger partial charge in [-0.15, -0.1) is 0 Å². The number of nitrogens with zero attached hydrogens (tertiary/aromatic N) is 1. The van der Waals surface area contributed by atoms with Gasteiger partial charge in [-0.25, -0.2) is 4.39 Å². The van der Waals surface area contributed by atoms with Crippen LogP contribution in [0.15, 0.2) is 59.9 Å². The molecule has 0 aliphatic carbocycles. The lowest BCUT2D eigenvalue weighted by molar-refractivity contribution is -0.126. The summed E-state index contributed by atoms with van der Waals surface area (Å²) in [4.78, 5) is 25.5. The van der Waals surface area contributed by atoms with E-state index in [1.165, 1.54) is 24.1 Å². The van der Waals surface area contributed by atoms with Gasteiger partial charge in [0.1, 0.15) is 5.82 Å². The summed E-state index contributed by atoms with van der Waals surface area (Å²) in [7, 11) is 1.53. The van der Waals surface area contributed by atoms with Gasteiger partial charge in [0.05, 0.1) is 12.1 Å². The van der Waals surface area contributed by atoms with E-state index in [4.69, 9.17) is 0 Å². The molecule has 122 valence electrons. The van der Waals surface area contributed by atoms with Gasteiger partial charge in [0.15, 0.2) is 11.5 Å². The average molecular weight is 325 g/mol. The zero-order chi connectivity index (χ0) is 17.3. The van der Waals surface area contributed by atoms with Crippen LogP contribution < -0.4 is 0 Å². The minimum atomic E-state index is -0.541. The van der Waals surface area contributed by atoms with Crippen LogP contribution in [0.1, 0.15) is 21.5 Å². The number of aliphatic hydroxyl groups is 1. The number of likely N-dealkylation sites (N-methyl/N-ethyl adjacent to an activating group) is 1. The topological polar surface area (TPSA) is 57.6 Å². The normalized spacial score (nSPS) is 14.4. The van der Waals surface area contributed by atoms with Gasteiger partial charge in [-0.1, -0.05) is 30.3 Å². The van der Waals surface area contributed by atoms with Gasteiger partial charge >= 0.3 is 0 Å². The standard InChI is InChI=1S/C19H16FNO3/c1-21-11-16(18(23)19(21)24)17(22)14-4-2-3-13(10-14)9-12-5-7-15(20)8-6-12/h2-8,10,23H,9,11H2,1H3. The second-order valence-electron chi connectivity index (χ2n) is 5.82. The van der Waals surface area contributed by atoms with E-state index < -0.39 is 11.7 Å². The third-order valence-corrected chi connectivity index (χ3v) is 4.02. The molecule has 0 unspecified atom stereocenters. The molecule has 1 N–H and O–H groups in total. The number of Topliss-reactive ketones (excluding diaryl/α,β-unsaturated/α-hetero) is 1. The number of hydrogen-bond donors (Lipinski definition) is 1. The van der Waals surface area contributed by atoms with Crippen molar-refractivity contribution in [2.45, 2.75) is 6.42 Å². The first-order valence-corrected chi connectivity index (χ1v) is 7.51. The summed E-state index contributed by atoms with van der Waals surface area (Å²) in [6.07, 6.45) is 0.561. The molecule has 0 saturated carbocycles. The Labute approximate surface area is 138 Å². The lowest BCUT2D eigenvalue weighted by atomic mass is 9.98. The lowest BCUT2D eigenvalue weighted by Crippen LogP contribution is -2.22. The Kier molecular flexibility index (Phi) is 4.16. The quantitative estimate of drug-likeness (QED) is 0.880. The first kappa shape index (κ1) is 15.9. The summed E-state index contributed by atoms with van der Waals surface area (Å²) in [6, 6.07) is 13.2. The third-order valence-electron chi connectivity index (χ3n) is 4.02. The largest absolute Gasteiger partial charge is 0.503 e.